The molecule has 2 fully saturated rings. The van der Waals surface area contributed by atoms with Gasteiger partial charge in [-0.2, -0.15) is 0 Å². The number of nitrogens with one attached hydrogen (secondary N) is 1. The summed E-state index contributed by atoms with van der Waals surface area (Å²) in [4.78, 5) is 54.4. The van der Waals surface area contributed by atoms with Crippen molar-refractivity contribution in [2.24, 2.45) is 5.92 Å². The fourth-order valence-electron chi connectivity index (χ4n) is 7.21. The predicted molar refractivity (Wildman–Crippen MR) is 149 cm³/mol. The van der Waals surface area contributed by atoms with Gasteiger partial charge in [-0.15, -0.1) is 0 Å². The number of fused-ring (bicyclic) bond motifs is 3. The predicted octanol–water partition coefficient (Wildman–Crippen LogP) is 2.73. The van der Waals surface area contributed by atoms with Crippen molar-refractivity contribution in [3.63, 3.8) is 0 Å². The largest absolute Gasteiger partial charge is 0.447 e. The molecule has 3 amide bonds. The molecule has 0 aromatic heterocycles. The van der Waals surface area contributed by atoms with E-state index in [1.165, 1.54) is 4.90 Å². The van der Waals surface area contributed by atoms with Crippen LogP contribution in [-0.4, -0.2) is 72.9 Å². The van der Waals surface area contributed by atoms with Gasteiger partial charge in [0.2, 0.25) is 5.91 Å². The van der Waals surface area contributed by atoms with Crippen LogP contribution < -0.4 is 10.2 Å². The molecule has 0 aliphatic carbocycles. The number of hydrogen-bond acceptors (Lipinski definition) is 7. The number of hydrogen-bond donors (Lipinski definition) is 3. The molecule has 0 bridgehead atoms. The average molecular weight is 566 g/mol. The maximum Gasteiger partial charge on any atom is 0.414 e. The third kappa shape index (κ3) is 4.14. The van der Waals surface area contributed by atoms with E-state index in [2.05, 4.69) is 5.32 Å². The summed E-state index contributed by atoms with van der Waals surface area (Å²) in [6.07, 6.45) is -0.611. The van der Waals surface area contributed by atoms with Crippen molar-refractivity contribution in [1.29, 1.82) is 0 Å². The van der Waals surface area contributed by atoms with E-state index in [1.54, 1.807) is 23.1 Å². The minimum atomic E-state index is -2.95. The van der Waals surface area contributed by atoms with E-state index in [1.807, 2.05) is 44.3 Å². The molecule has 1 spiro atoms. The van der Waals surface area contributed by atoms with Gasteiger partial charge in [-0.3, -0.25) is 14.5 Å². The molecule has 3 N–H and O–H groups in total. The molecule has 4 aliphatic heterocycles. The standard InChI is InChI=1S/C29H35N3O7Si/c1-17-26(40(2,3)37)24(14-25(34)32-15-19-7-5-4-6-18(19)12-21(32)16-33)39-29(17)22-13-20(31-10-11-38-28(31)36)8-9-23(22)30-27(29)35/h4-9,13,17,21,24,26,33,37H,10-12,14-16H2,1-3H3,(H,30,35)/t17-,21+,24+,26-,29+/m1/s1. The first-order chi connectivity index (χ1) is 19.0. The quantitative estimate of drug-likeness (QED) is 0.476. The smallest absolute Gasteiger partial charge is 0.414 e. The Morgan fingerprint density at radius 1 is 1.18 bits per heavy atom. The number of amides is 3. The van der Waals surface area contributed by atoms with Crippen LogP contribution in [0.5, 0.6) is 0 Å². The lowest BCUT2D eigenvalue weighted by Crippen LogP contribution is -2.48. The van der Waals surface area contributed by atoms with Gasteiger partial charge in [0.05, 0.1) is 31.7 Å². The first-order valence-corrected chi connectivity index (χ1v) is 16.8. The molecule has 2 aromatic rings. The Bertz CT molecular complexity index is 1380. The number of rotatable bonds is 5. The van der Waals surface area contributed by atoms with Crippen molar-refractivity contribution in [1.82, 2.24) is 4.90 Å². The molecule has 40 heavy (non-hydrogen) atoms. The summed E-state index contributed by atoms with van der Waals surface area (Å²) in [7, 11) is -2.95. The number of aliphatic hydroxyl groups is 1. The molecule has 10 nitrogen and oxygen atoms in total. The summed E-state index contributed by atoms with van der Waals surface area (Å²) >= 11 is 0. The summed E-state index contributed by atoms with van der Waals surface area (Å²) in [5.74, 6) is -0.956. The van der Waals surface area contributed by atoms with E-state index in [0.29, 0.717) is 36.4 Å². The van der Waals surface area contributed by atoms with E-state index in [0.717, 1.165) is 11.1 Å². The number of nitrogens with zero attached hydrogens (tertiary/aromatic N) is 2. The Kier molecular flexibility index (Phi) is 6.53. The van der Waals surface area contributed by atoms with Gasteiger partial charge < -0.3 is 29.6 Å². The normalized spacial score (nSPS) is 29.4. The van der Waals surface area contributed by atoms with E-state index >= 15 is 0 Å². The van der Waals surface area contributed by atoms with Crippen molar-refractivity contribution in [3.05, 3.63) is 59.2 Å². The number of carbonyl (C=O) groups is 3. The molecule has 6 rings (SSSR count). The van der Waals surface area contributed by atoms with Crippen LogP contribution in [0.25, 0.3) is 0 Å². The Hall–Kier alpha value is -3.25. The van der Waals surface area contributed by atoms with Gasteiger partial charge in [0.15, 0.2) is 13.9 Å². The Morgan fingerprint density at radius 3 is 2.60 bits per heavy atom. The van der Waals surface area contributed by atoms with E-state index < -0.39 is 37.6 Å². The lowest BCUT2D eigenvalue weighted by Gasteiger charge is -2.37. The van der Waals surface area contributed by atoms with Crippen LogP contribution in [0.1, 0.15) is 30.0 Å². The highest BCUT2D eigenvalue weighted by atomic mass is 28.4. The van der Waals surface area contributed by atoms with Gasteiger partial charge in [-0.25, -0.2) is 4.79 Å². The molecule has 0 radical (unpaired) electrons. The van der Waals surface area contributed by atoms with Crippen LogP contribution in [0.2, 0.25) is 18.6 Å². The van der Waals surface area contributed by atoms with Gasteiger partial charge in [0.25, 0.3) is 5.91 Å². The maximum absolute atomic E-state index is 13.8. The lowest BCUT2D eigenvalue weighted by atomic mass is 9.82. The number of ether oxygens (including phenoxy) is 2. The molecular formula is C29H35N3O7Si. The zero-order valence-electron chi connectivity index (χ0n) is 22.9. The zero-order chi connectivity index (χ0) is 28.4. The number of benzene rings is 2. The number of aliphatic hydroxyl groups excluding tert-OH is 1. The fourth-order valence-corrected chi connectivity index (χ4v) is 9.77. The first kappa shape index (κ1) is 26.9. The number of anilines is 2. The van der Waals surface area contributed by atoms with Crippen molar-refractivity contribution in [3.8, 4) is 0 Å². The second-order valence-electron chi connectivity index (χ2n) is 11.8. The molecule has 0 unspecified atom stereocenters. The number of carbonyl (C=O) groups excluding carboxylic acids is 3. The van der Waals surface area contributed by atoms with E-state index in [-0.39, 0.29) is 37.5 Å². The monoisotopic (exact) mass is 565 g/mol. The molecule has 5 atom stereocenters. The average Bonchev–Trinajstić information content (AvgIpc) is 3.56. The minimum absolute atomic E-state index is 0.0207. The van der Waals surface area contributed by atoms with Crippen molar-refractivity contribution < 1.29 is 33.8 Å². The molecular weight excluding hydrogens is 530 g/mol. The van der Waals surface area contributed by atoms with E-state index in [9.17, 15) is 24.3 Å². The van der Waals surface area contributed by atoms with Crippen molar-refractivity contribution >= 4 is 37.6 Å². The molecule has 0 saturated carbocycles. The second-order valence-corrected chi connectivity index (χ2v) is 15.8. The highest BCUT2D eigenvalue weighted by molar-refractivity contribution is 6.71. The van der Waals surface area contributed by atoms with Crippen molar-refractivity contribution in [2.45, 2.75) is 62.7 Å². The highest BCUT2D eigenvalue weighted by Gasteiger charge is 2.65. The van der Waals surface area contributed by atoms with Crippen LogP contribution in [0.3, 0.4) is 0 Å². The van der Waals surface area contributed by atoms with Crippen LogP contribution in [0.15, 0.2) is 42.5 Å². The fraction of sp³-hybridized carbons (Fsp3) is 0.483. The number of cyclic esters (lactones) is 1. The van der Waals surface area contributed by atoms with Gasteiger partial charge in [0, 0.05) is 34.9 Å². The van der Waals surface area contributed by atoms with Gasteiger partial charge in [-0.1, -0.05) is 31.2 Å². The second kappa shape index (κ2) is 9.69. The third-order valence-electron chi connectivity index (χ3n) is 9.06. The maximum atomic E-state index is 13.8. The molecule has 212 valence electrons. The van der Waals surface area contributed by atoms with Crippen LogP contribution in [-0.2, 0) is 37.6 Å². The summed E-state index contributed by atoms with van der Waals surface area (Å²) in [5, 5.41) is 13.1. The van der Waals surface area contributed by atoms with Crippen LogP contribution in [0, 0.1) is 5.92 Å². The summed E-state index contributed by atoms with van der Waals surface area (Å²) in [5.41, 5.74) is 2.12. The molecule has 2 saturated heterocycles. The topological polar surface area (TPSA) is 129 Å². The molecule has 2 aromatic carbocycles. The SMILES string of the molecule is C[C@@H]1[C@@H]([Si](C)(C)O)[C@H](CC(=O)N2Cc3ccccc3C[C@H]2CO)O[C@@]12C(=O)Nc1ccc(N3CCOC3=O)cc12. The summed E-state index contributed by atoms with van der Waals surface area (Å²) in [6, 6.07) is 12.9. The molecule has 4 heterocycles. The van der Waals surface area contributed by atoms with Gasteiger partial charge >= 0.3 is 6.09 Å². The first-order valence-electron chi connectivity index (χ1n) is 13.8. The highest BCUT2D eigenvalue weighted by Crippen LogP contribution is 2.58. The Morgan fingerprint density at radius 2 is 1.93 bits per heavy atom. The lowest BCUT2D eigenvalue weighted by molar-refractivity contribution is -0.149. The van der Waals surface area contributed by atoms with Gasteiger partial charge in [-0.05, 0) is 48.8 Å². The molecule has 11 heteroatoms. The Balaban J connectivity index is 1.33. The molecule has 4 aliphatic rings. The third-order valence-corrected chi connectivity index (χ3v) is 11.6. The van der Waals surface area contributed by atoms with Crippen LogP contribution in [0.4, 0.5) is 16.2 Å². The summed E-state index contributed by atoms with van der Waals surface area (Å²) < 4.78 is 11.8. The minimum Gasteiger partial charge on any atom is -0.447 e. The van der Waals surface area contributed by atoms with Gasteiger partial charge in [0.1, 0.15) is 6.61 Å². The van der Waals surface area contributed by atoms with E-state index in [4.69, 9.17) is 9.47 Å². The zero-order valence-corrected chi connectivity index (χ0v) is 23.9. The van der Waals surface area contributed by atoms with Crippen molar-refractivity contribution in [2.75, 3.05) is 30.0 Å². The summed E-state index contributed by atoms with van der Waals surface area (Å²) in [6.45, 7) is 6.45. The Labute approximate surface area is 234 Å². The van der Waals surface area contributed by atoms with Crippen LogP contribution >= 0.6 is 0 Å².